The molecule has 1 N–H and O–H groups in total. The van der Waals surface area contributed by atoms with Crippen LogP contribution in [0.1, 0.15) is 35.2 Å². The van der Waals surface area contributed by atoms with Crippen molar-refractivity contribution in [2.75, 3.05) is 13.7 Å². The minimum Gasteiger partial charge on any atom is -0.497 e. The summed E-state index contributed by atoms with van der Waals surface area (Å²) in [5, 5.41) is 3.64. The summed E-state index contributed by atoms with van der Waals surface area (Å²) in [6, 6.07) is 6.34. The second-order valence-electron chi connectivity index (χ2n) is 6.49. The van der Waals surface area contributed by atoms with Gasteiger partial charge < -0.3 is 10.1 Å². The van der Waals surface area contributed by atoms with Crippen LogP contribution in [0.5, 0.6) is 5.75 Å². The lowest BCUT2D eigenvalue weighted by Crippen LogP contribution is -2.38. The number of hydrogen-bond acceptors (Lipinski definition) is 3. The zero-order valence-corrected chi connectivity index (χ0v) is 11.9. The van der Waals surface area contributed by atoms with Gasteiger partial charge in [-0.05, 0) is 55.3 Å². The van der Waals surface area contributed by atoms with Gasteiger partial charge in [-0.15, -0.1) is 0 Å². The molecule has 1 saturated heterocycles. The topological polar surface area (TPSA) is 38.3 Å². The van der Waals surface area contributed by atoms with Crippen LogP contribution in [0.3, 0.4) is 0 Å². The molecule has 4 rings (SSSR count). The largest absolute Gasteiger partial charge is 0.497 e. The lowest BCUT2D eigenvalue weighted by atomic mass is 9.84. The van der Waals surface area contributed by atoms with E-state index in [2.05, 4.69) is 11.4 Å². The Bertz CT molecular complexity index is 554. The summed E-state index contributed by atoms with van der Waals surface area (Å²) in [7, 11) is 1.65. The van der Waals surface area contributed by atoms with E-state index < -0.39 is 0 Å². The van der Waals surface area contributed by atoms with Crippen LogP contribution in [0.2, 0.25) is 0 Å². The summed E-state index contributed by atoms with van der Waals surface area (Å²) >= 11 is 0. The highest BCUT2D eigenvalue weighted by Gasteiger charge is 2.46. The van der Waals surface area contributed by atoms with E-state index in [0.717, 1.165) is 36.1 Å². The van der Waals surface area contributed by atoms with Gasteiger partial charge in [0.1, 0.15) is 5.75 Å². The lowest BCUT2D eigenvalue weighted by molar-refractivity contribution is 0.0897. The predicted molar refractivity (Wildman–Crippen MR) is 77.1 cm³/mol. The van der Waals surface area contributed by atoms with Crippen LogP contribution in [0.25, 0.3) is 0 Å². The van der Waals surface area contributed by atoms with Gasteiger partial charge in [-0.25, -0.2) is 0 Å². The molecule has 2 aliphatic carbocycles. The normalized spacial score (nSPS) is 35.1. The number of carbonyl (C=O) groups is 1. The third-order valence-electron chi connectivity index (χ3n) is 5.59. The molecule has 2 fully saturated rings. The summed E-state index contributed by atoms with van der Waals surface area (Å²) in [5.41, 5.74) is 2.08. The molecule has 1 saturated carbocycles. The fourth-order valence-electron chi connectivity index (χ4n) is 4.58. The number of carbonyl (C=O) groups excluding carboxylic acids is 1. The zero-order chi connectivity index (χ0) is 13.7. The Labute approximate surface area is 119 Å². The average molecular weight is 271 g/mol. The Morgan fingerprint density at radius 1 is 1.30 bits per heavy atom. The van der Waals surface area contributed by atoms with Crippen LogP contribution in [0.15, 0.2) is 18.2 Å². The van der Waals surface area contributed by atoms with E-state index in [1.807, 2.05) is 12.1 Å². The van der Waals surface area contributed by atoms with Crippen molar-refractivity contribution in [3.63, 3.8) is 0 Å². The molecule has 1 aliphatic heterocycles. The van der Waals surface area contributed by atoms with Gasteiger partial charge in [0.15, 0.2) is 5.78 Å². The molecular formula is C17H21NO2. The number of ether oxygens (including phenoxy) is 1. The van der Waals surface area contributed by atoms with E-state index in [-0.39, 0.29) is 5.92 Å². The number of hydrogen-bond donors (Lipinski definition) is 1. The second-order valence-corrected chi connectivity index (χ2v) is 6.49. The van der Waals surface area contributed by atoms with Gasteiger partial charge in [-0.3, -0.25) is 4.79 Å². The molecule has 0 radical (unpaired) electrons. The van der Waals surface area contributed by atoms with Gasteiger partial charge in [0.05, 0.1) is 7.11 Å². The van der Waals surface area contributed by atoms with Crippen LogP contribution in [-0.2, 0) is 6.42 Å². The van der Waals surface area contributed by atoms with Crippen LogP contribution in [0, 0.1) is 17.8 Å². The first kappa shape index (κ1) is 12.4. The number of benzene rings is 1. The molecule has 3 nitrogen and oxygen atoms in total. The number of ketones is 1. The van der Waals surface area contributed by atoms with Crippen LogP contribution >= 0.6 is 0 Å². The maximum atomic E-state index is 12.7. The maximum Gasteiger partial charge on any atom is 0.168 e. The molecule has 0 amide bonds. The summed E-state index contributed by atoms with van der Waals surface area (Å²) in [6.07, 6.45) is 4.88. The highest BCUT2D eigenvalue weighted by molar-refractivity contribution is 6.03. The first-order chi connectivity index (χ1) is 9.78. The summed E-state index contributed by atoms with van der Waals surface area (Å²) < 4.78 is 5.25. The van der Waals surface area contributed by atoms with Crippen molar-refractivity contribution in [1.82, 2.24) is 5.32 Å². The number of fused-ring (bicyclic) bond motifs is 2. The smallest absolute Gasteiger partial charge is 0.168 e. The van der Waals surface area contributed by atoms with Gasteiger partial charge in [0, 0.05) is 17.5 Å². The van der Waals surface area contributed by atoms with E-state index >= 15 is 0 Å². The number of rotatable bonds is 2. The molecule has 3 heteroatoms. The fourth-order valence-corrected chi connectivity index (χ4v) is 4.58. The van der Waals surface area contributed by atoms with Gasteiger partial charge in [0.25, 0.3) is 0 Å². The van der Waals surface area contributed by atoms with E-state index in [9.17, 15) is 4.79 Å². The highest BCUT2D eigenvalue weighted by atomic mass is 16.5. The Balaban J connectivity index is 1.61. The van der Waals surface area contributed by atoms with E-state index in [1.54, 1.807) is 7.11 Å². The SMILES string of the molecule is COc1ccc2c(c1)C(=O)C(C1NCC3CCCC31)C2. The van der Waals surface area contributed by atoms with E-state index in [1.165, 1.54) is 24.8 Å². The van der Waals surface area contributed by atoms with Gasteiger partial charge in [0.2, 0.25) is 0 Å². The first-order valence-corrected chi connectivity index (χ1v) is 7.72. The second kappa shape index (κ2) is 4.59. The Morgan fingerprint density at radius 2 is 2.20 bits per heavy atom. The fraction of sp³-hybridized carbons (Fsp3) is 0.588. The minimum absolute atomic E-state index is 0.144. The lowest BCUT2D eigenvalue weighted by Gasteiger charge is -2.23. The highest BCUT2D eigenvalue weighted by Crippen LogP contribution is 2.43. The van der Waals surface area contributed by atoms with Crippen molar-refractivity contribution in [3.8, 4) is 5.75 Å². The van der Waals surface area contributed by atoms with Crippen LogP contribution in [0.4, 0.5) is 0 Å². The van der Waals surface area contributed by atoms with Crippen molar-refractivity contribution in [3.05, 3.63) is 29.3 Å². The summed E-state index contributed by atoms with van der Waals surface area (Å²) in [5.74, 6) is 2.79. The molecule has 4 atom stereocenters. The molecule has 20 heavy (non-hydrogen) atoms. The summed E-state index contributed by atoms with van der Waals surface area (Å²) in [6.45, 7) is 1.11. The minimum atomic E-state index is 0.144. The first-order valence-electron chi connectivity index (χ1n) is 7.72. The van der Waals surface area contributed by atoms with Crippen LogP contribution < -0.4 is 10.1 Å². The molecule has 3 aliphatic rings. The van der Waals surface area contributed by atoms with Crippen molar-refractivity contribution >= 4 is 5.78 Å². The standard InChI is InChI=1S/C17H21NO2/c1-20-12-6-5-10-7-15(17(19)14(10)8-12)16-13-4-2-3-11(13)9-18-16/h5-6,8,11,13,15-16,18H,2-4,7,9H2,1H3. The molecule has 0 spiro atoms. The third-order valence-corrected chi connectivity index (χ3v) is 5.59. The molecule has 4 unspecified atom stereocenters. The molecule has 106 valence electrons. The summed E-state index contributed by atoms with van der Waals surface area (Å²) in [4.78, 5) is 12.7. The molecular weight excluding hydrogens is 250 g/mol. The maximum absolute atomic E-state index is 12.7. The third kappa shape index (κ3) is 1.72. The van der Waals surface area contributed by atoms with E-state index in [4.69, 9.17) is 4.74 Å². The molecule has 0 bridgehead atoms. The molecule has 0 aromatic heterocycles. The van der Waals surface area contributed by atoms with Gasteiger partial charge in [-0.1, -0.05) is 12.5 Å². The monoisotopic (exact) mass is 271 g/mol. The number of nitrogens with one attached hydrogen (secondary N) is 1. The van der Waals surface area contributed by atoms with Crippen LogP contribution in [-0.4, -0.2) is 25.5 Å². The van der Waals surface area contributed by atoms with Gasteiger partial charge >= 0.3 is 0 Å². The predicted octanol–water partition coefficient (Wildman–Crippen LogP) is 2.44. The Hall–Kier alpha value is -1.35. The van der Waals surface area contributed by atoms with Crippen molar-refractivity contribution in [1.29, 1.82) is 0 Å². The quantitative estimate of drug-likeness (QED) is 0.898. The molecule has 1 heterocycles. The van der Waals surface area contributed by atoms with Crippen molar-refractivity contribution in [2.45, 2.75) is 31.7 Å². The number of methoxy groups -OCH3 is 1. The zero-order valence-electron chi connectivity index (χ0n) is 11.9. The van der Waals surface area contributed by atoms with Crippen molar-refractivity contribution in [2.24, 2.45) is 17.8 Å². The Morgan fingerprint density at radius 3 is 3.05 bits per heavy atom. The molecule has 1 aromatic rings. The van der Waals surface area contributed by atoms with E-state index in [0.29, 0.717) is 11.8 Å². The average Bonchev–Trinajstić information content (AvgIpc) is 3.13. The molecule has 1 aromatic carbocycles. The number of Topliss-reactive ketones (excluding diaryl/α,β-unsaturated/α-hetero) is 1. The van der Waals surface area contributed by atoms with Gasteiger partial charge in [-0.2, -0.15) is 0 Å². The van der Waals surface area contributed by atoms with Crippen molar-refractivity contribution < 1.29 is 9.53 Å². The Kier molecular flexibility index (Phi) is 2.84.